The van der Waals surface area contributed by atoms with E-state index in [4.69, 9.17) is 9.72 Å². The third kappa shape index (κ3) is 4.15. The van der Waals surface area contributed by atoms with E-state index in [1.165, 1.54) is 11.1 Å². The van der Waals surface area contributed by atoms with Crippen molar-refractivity contribution in [3.05, 3.63) is 77.9 Å². The van der Waals surface area contributed by atoms with Crippen LogP contribution in [0, 0.1) is 6.92 Å². The normalized spacial score (nSPS) is 11.3. The Morgan fingerprint density at radius 3 is 2.52 bits per heavy atom. The quantitative estimate of drug-likeness (QED) is 0.486. The highest BCUT2D eigenvalue weighted by atomic mass is 16.5. The van der Waals surface area contributed by atoms with E-state index in [1.54, 1.807) is 7.11 Å². The zero-order valence-electron chi connectivity index (χ0n) is 17.4. The lowest BCUT2D eigenvalue weighted by Gasteiger charge is -2.19. The van der Waals surface area contributed by atoms with E-state index in [0.29, 0.717) is 0 Å². The lowest BCUT2D eigenvalue weighted by molar-refractivity contribution is 0.307. The van der Waals surface area contributed by atoms with E-state index in [1.807, 2.05) is 31.6 Å². The van der Waals surface area contributed by atoms with Crippen molar-refractivity contribution in [2.24, 2.45) is 7.05 Å². The number of benzene rings is 2. The summed E-state index contributed by atoms with van der Waals surface area (Å²) in [7, 11) is 5.83. The third-order valence-corrected chi connectivity index (χ3v) is 5.19. The Balaban J connectivity index is 1.73. The molecule has 2 aromatic carbocycles. The zero-order chi connectivity index (χ0) is 20.4. The summed E-state index contributed by atoms with van der Waals surface area (Å²) in [6.07, 6.45) is 3.82. The molecule has 148 valence electrons. The summed E-state index contributed by atoms with van der Waals surface area (Å²) >= 11 is 0. The van der Waals surface area contributed by atoms with Crippen molar-refractivity contribution in [3.8, 4) is 17.0 Å². The maximum Gasteiger partial charge on any atom is 0.122 e. The topological polar surface area (TPSA) is 43.2 Å². The fourth-order valence-electron chi connectivity index (χ4n) is 3.58. The number of nitrogens with zero attached hydrogens (tertiary/aromatic N) is 4. The van der Waals surface area contributed by atoms with Gasteiger partial charge in [-0.25, -0.2) is 9.97 Å². The van der Waals surface area contributed by atoms with Crippen LogP contribution in [-0.2, 0) is 20.1 Å². The first-order valence-corrected chi connectivity index (χ1v) is 9.73. The first-order valence-electron chi connectivity index (χ1n) is 9.73. The van der Waals surface area contributed by atoms with Crippen molar-refractivity contribution < 1.29 is 4.74 Å². The lowest BCUT2D eigenvalue weighted by Crippen LogP contribution is -2.20. The molecule has 0 unspecified atom stereocenters. The average Bonchev–Trinajstić information content (AvgIpc) is 3.12. The molecule has 4 rings (SSSR count). The predicted octanol–water partition coefficient (Wildman–Crippen LogP) is 4.58. The lowest BCUT2D eigenvalue weighted by atomic mass is 10.0. The van der Waals surface area contributed by atoms with E-state index in [-0.39, 0.29) is 0 Å². The Labute approximate surface area is 171 Å². The SMILES string of the molecule is COc1ccc(-c2nc3cc(C)ccc3cc2CN(C)Cc2nccn2C)cc1. The van der Waals surface area contributed by atoms with E-state index < -0.39 is 0 Å². The van der Waals surface area contributed by atoms with Crippen molar-refractivity contribution in [1.82, 2.24) is 19.4 Å². The van der Waals surface area contributed by atoms with Crippen LogP contribution < -0.4 is 4.74 Å². The summed E-state index contributed by atoms with van der Waals surface area (Å²) < 4.78 is 7.38. The van der Waals surface area contributed by atoms with Crippen molar-refractivity contribution in [1.29, 1.82) is 0 Å². The number of fused-ring (bicyclic) bond motifs is 1. The number of aryl methyl sites for hydroxylation is 2. The van der Waals surface area contributed by atoms with Gasteiger partial charge in [0.25, 0.3) is 0 Å². The number of rotatable bonds is 6. The second-order valence-electron chi connectivity index (χ2n) is 7.55. The van der Waals surface area contributed by atoms with Crippen LogP contribution in [-0.4, -0.2) is 33.6 Å². The molecule has 5 nitrogen and oxygen atoms in total. The van der Waals surface area contributed by atoms with Gasteiger partial charge in [-0.2, -0.15) is 0 Å². The number of hydrogen-bond donors (Lipinski definition) is 0. The minimum absolute atomic E-state index is 0.775. The van der Waals surface area contributed by atoms with Gasteiger partial charge in [0, 0.05) is 36.9 Å². The fourth-order valence-corrected chi connectivity index (χ4v) is 3.58. The highest BCUT2D eigenvalue weighted by Crippen LogP contribution is 2.28. The number of methoxy groups -OCH3 is 1. The monoisotopic (exact) mass is 386 g/mol. The molecular weight excluding hydrogens is 360 g/mol. The molecule has 5 heteroatoms. The Morgan fingerprint density at radius 2 is 1.83 bits per heavy atom. The first kappa shape index (κ1) is 19.2. The molecule has 2 aromatic heterocycles. The molecule has 2 heterocycles. The Bertz CT molecular complexity index is 1130. The van der Waals surface area contributed by atoms with Crippen LogP contribution in [0.2, 0.25) is 0 Å². The van der Waals surface area contributed by atoms with Crippen molar-refractivity contribution in [2.45, 2.75) is 20.0 Å². The van der Waals surface area contributed by atoms with E-state index in [2.05, 4.69) is 64.8 Å². The Morgan fingerprint density at radius 1 is 1.03 bits per heavy atom. The zero-order valence-corrected chi connectivity index (χ0v) is 17.4. The minimum Gasteiger partial charge on any atom is -0.497 e. The number of hydrogen-bond acceptors (Lipinski definition) is 4. The maximum absolute atomic E-state index is 5.32. The molecule has 0 fully saturated rings. The molecule has 0 N–H and O–H groups in total. The van der Waals surface area contributed by atoms with Gasteiger partial charge in [0.05, 0.1) is 24.9 Å². The molecular formula is C24H26N4O. The third-order valence-electron chi connectivity index (χ3n) is 5.19. The van der Waals surface area contributed by atoms with E-state index in [0.717, 1.165) is 46.8 Å². The predicted molar refractivity (Wildman–Crippen MR) is 117 cm³/mol. The van der Waals surface area contributed by atoms with Crippen LogP contribution in [0.5, 0.6) is 5.75 Å². The first-order chi connectivity index (χ1) is 14.0. The van der Waals surface area contributed by atoms with Crippen LogP contribution in [0.15, 0.2) is 60.9 Å². The van der Waals surface area contributed by atoms with Gasteiger partial charge >= 0.3 is 0 Å². The molecule has 29 heavy (non-hydrogen) atoms. The smallest absolute Gasteiger partial charge is 0.122 e. The van der Waals surface area contributed by atoms with Gasteiger partial charge in [-0.1, -0.05) is 12.1 Å². The Kier molecular flexibility index (Phi) is 5.32. The molecule has 0 bridgehead atoms. The number of aromatic nitrogens is 3. The van der Waals surface area contributed by atoms with Gasteiger partial charge in [0.2, 0.25) is 0 Å². The molecule has 0 amide bonds. The number of ether oxygens (including phenoxy) is 1. The van der Waals surface area contributed by atoms with Crippen LogP contribution in [0.4, 0.5) is 0 Å². The van der Waals surface area contributed by atoms with Gasteiger partial charge in [-0.3, -0.25) is 4.90 Å². The van der Waals surface area contributed by atoms with E-state index >= 15 is 0 Å². The maximum atomic E-state index is 5.32. The summed E-state index contributed by atoms with van der Waals surface area (Å²) in [6.45, 7) is 3.66. The highest BCUT2D eigenvalue weighted by molar-refractivity contribution is 5.84. The largest absolute Gasteiger partial charge is 0.497 e. The standard InChI is InChI=1S/C24H26N4O/c1-17-5-6-19-14-20(15-27(2)16-23-25-11-12-28(23)3)24(26-22(19)13-17)18-7-9-21(29-4)10-8-18/h5-14H,15-16H2,1-4H3. The van der Waals surface area contributed by atoms with E-state index in [9.17, 15) is 0 Å². The number of imidazole rings is 1. The van der Waals surface area contributed by atoms with Gasteiger partial charge in [0.1, 0.15) is 11.6 Å². The number of pyridine rings is 1. The molecule has 0 aliphatic carbocycles. The van der Waals surface area contributed by atoms with Crippen LogP contribution in [0.3, 0.4) is 0 Å². The molecule has 0 radical (unpaired) electrons. The fraction of sp³-hybridized carbons (Fsp3) is 0.250. The van der Waals surface area contributed by atoms with Crippen LogP contribution >= 0.6 is 0 Å². The summed E-state index contributed by atoms with van der Waals surface area (Å²) in [6, 6.07) is 16.8. The van der Waals surface area contributed by atoms with Gasteiger partial charge in [-0.05, 0) is 61.5 Å². The van der Waals surface area contributed by atoms with Crippen molar-refractivity contribution >= 4 is 10.9 Å². The van der Waals surface area contributed by atoms with Gasteiger partial charge in [-0.15, -0.1) is 0 Å². The molecule has 0 aliphatic heterocycles. The summed E-state index contributed by atoms with van der Waals surface area (Å²) in [4.78, 5) is 11.8. The highest BCUT2D eigenvalue weighted by Gasteiger charge is 2.13. The molecule has 0 saturated carbocycles. The minimum atomic E-state index is 0.775. The average molecular weight is 386 g/mol. The van der Waals surface area contributed by atoms with Crippen molar-refractivity contribution in [3.63, 3.8) is 0 Å². The van der Waals surface area contributed by atoms with Crippen LogP contribution in [0.25, 0.3) is 22.2 Å². The molecule has 0 atom stereocenters. The molecule has 0 spiro atoms. The van der Waals surface area contributed by atoms with Crippen LogP contribution in [0.1, 0.15) is 17.0 Å². The Hall–Kier alpha value is -3.18. The summed E-state index contributed by atoms with van der Waals surface area (Å²) in [5, 5.41) is 1.16. The molecule has 0 saturated heterocycles. The van der Waals surface area contributed by atoms with Crippen molar-refractivity contribution in [2.75, 3.05) is 14.2 Å². The van der Waals surface area contributed by atoms with Gasteiger partial charge in [0.15, 0.2) is 0 Å². The second-order valence-corrected chi connectivity index (χ2v) is 7.55. The second kappa shape index (κ2) is 8.05. The molecule has 0 aliphatic rings. The molecule has 4 aromatic rings. The summed E-state index contributed by atoms with van der Waals surface area (Å²) in [5.74, 6) is 1.89. The summed E-state index contributed by atoms with van der Waals surface area (Å²) in [5.41, 5.74) is 5.53. The van der Waals surface area contributed by atoms with Gasteiger partial charge < -0.3 is 9.30 Å².